The average molecular weight is 272 g/mol. The van der Waals surface area contributed by atoms with Crippen LogP contribution in [0.15, 0.2) is 18.3 Å². The first kappa shape index (κ1) is 13.3. The standard InChI is InChI=1S/C11H11F3N4O/c1-3-19-9-7(5-4-6-15-9)8-16-10(11(12,13)14)17-18(8)2/h4-6H,3H2,1-2H3. The molecule has 2 heterocycles. The fourth-order valence-electron chi connectivity index (χ4n) is 1.55. The van der Waals surface area contributed by atoms with E-state index < -0.39 is 12.0 Å². The SMILES string of the molecule is CCOc1ncccc1-c1nc(C(F)(F)F)nn1C. The van der Waals surface area contributed by atoms with Gasteiger partial charge in [0.25, 0.3) is 5.82 Å². The van der Waals surface area contributed by atoms with Gasteiger partial charge in [-0.05, 0) is 19.1 Å². The maximum atomic E-state index is 12.6. The van der Waals surface area contributed by atoms with E-state index in [0.29, 0.717) is 12.2 Å². The Kier molecular flexibility index (Phi) is 3.41. The van der Waals surface area contributed by atoms with Crippen molar-refractivity contribution in [2.45, 2.75) is 13.1 Å². The minimum Gasteiger partial charge on any atom is -0.477 e. The Hall–Kier alpha value is -2.12. The topological polar surface area (TPSA) is 52.8 Å². The summed E-state index contributed by atoms with van der Waals surface area (Å²) in [5.41, 5.74) is 0.370. The highest BCUT2D eigenvalue weighted by atomic mass is 19.4. The van der Waals surface area contributed by atoms with Gasteiger partial charge < -0.3 is 4.74 Å². The van der Waals surface area contributed by atoms with Gasteiger partial charge in [0.2, 0.25) is 5.88 Å². The zero-order valence-corrected chi connectivity index (χ0v) is 10.3. The molecule has 0 fully saturated rings. The number of aromatic nitrogens is 4. The Morgan fingerprint density at radius 3 is 2.68 bits per heavy atom. The van der Waals surface area contributed by atoms with Gasteiger partial charge >= 0.3 is 6.18 Å². The van der Waals surface area contributed by atoms with Crippen LogP contribution in [0.5, 0.6) is 5.88 Å². The first-order valence-corrected chi connectivity index (χ1v) is 5.50. The fourth-order valence-corrected chi connectivity index (χ4v) is 1.55. The number of halogens is 3. The van der Waals surface area contributed by atoms with E-state index in [0.717, 1.165) is 4.68 Å². The number of aryl methyl sites for hydroxylation is 1. The first-order valence-electron chi connectivity index (χ1n) is 5.50. The molecule has 2 aromatic rings. The quantitative estimate of drug-likeness (QED) is 0.860. The molecule has 0 unspecified atom stereocenters. The maximum absolute atomic E-state index is 12.6. The van der Waals surface area contributed by atoms with Gasteiger partial charge in [-0.25, -0.2) is 14.6 Å². The van der Waals surface area contributed by atoms with Crippen LogP contribution in [0, 0.1) is 0 Å². The van der Waals surface area contributed by atoms with E-state index in [1.54, 1.807) is 19.1 Å². The molecule has 8 heteroatoms. The Bertz CT molecular complexity index is 580. The Morgan fingerprint density at radius 2 is 2.11 bits per heavy atom. The second kappa shape index (κ2) is 4.87. The predicted molar refractivity (Wildman–Crippen MR) is 60.4 cm³/mol. The molecule has 2 rings (SSSR count). The molecule has 0 aliphatic carbocycles. The molecular formula is C11H11F3N4O. The third-order valence-electron chi connectivity index (χ3n) is 2.31. The third-order valence-corrected chi connectivity index (χ3v) is 2.31. The number of rotatable bonds is 3. The van der Waals surface area contributed by atoms with E-state index in [4.69, 9.17) is 4.74 Å². The van der Waals surface area contributed by atoms with Crippen molar-refractivity contribution in [1.82, 2.24) is 19.7 Å². The van der Waals surface area contributed by atoms with Crippen LogP contribution in [-0.2, 0) is 13.2 Å². The molecule has 2 aromatic heterocycles. The van der Waals surface area contributed by atoms with Crippen molar-refractivity contribution in [1.29, 1.82) is 0 Å². The molecule has 0 aliphatic rings. The van der Waals surface area contributed by atoms with Gasteiger partial charge in [0, 0.05) is 13.2 Å². The summed E-state index contributed by atoms with van der Waals surface area (Å²) in [5.74, 6) is -0.894. The average Bonchev–Trinajstić information content (AvgIpc) is 2.72. The van der Waals surface area contributed by atoms with Crippen LogP contribution in [0.1, 0.15) is 12.7 Å². The molecule has 0 amide bonds. The van der Waals surface area contributed by atoms with Crippen LogP contribution in [-0.4, -0.2) is 26.4 Å². The molecule has 0 N–H and O–H groups in total. The van der Waals surface area contributed by atoms with Gasteiger partial charge in [-0.1, -0.05) is 0 Å². The van der Waals surface area contributed by atoms with Crippen LogP contribution in [0.4, 0.5) is 13.2 Å². The molecule has 5 nitrogen and oxygen atoms in total. The molecule has 0 atom stereocenters. The van der Waals surface area contributed by atoms with Crippen molar-refractivity contribution in [2.75, 3.05) is 6.61 Å². The smallest absolute Gasteiger partial charge is 0.453 e. The third kappa shape index (κ3) is 2.67. The Labute approximate surface area is 107 Å². The summed E-state index contributed by atoms with van der Waals surface area (Å²) in [6, 6.07) is 3.18. The molecule has 0 aliphatic heterocycles. The van der Waals surface area contributed by atoms with E-state index in [1.807, 2.05) is 0 Å². The van der Waals surface area contributed by atoms with Crippen molar-refractivity contribution < 1.29 is 17.9 Å². The minimum absolute atomic E-state index is 0.0591. The summed E-state index contributed by atoms with van der Waals surface area (Å²) in [7, 11) is 1.39. The van der Waals surface area contributed by atoms with E-state index >= 15 is 0 Å². The summed E-state index contributed by atoms with van der Waals surface area (Å²) in [5, 5.41) is 3.36. The molecule has 0 spiro atoms. The van der Waals surface area contributed by atoms with Gasteiger partial charge in [-0.3, -0.25) is 0 Å². The van der Waals surface area contributed by atoms with Crippen molar-refractivity contribution in [3.63, 3.8) is 0 Å². The number of pyridine rings is 1. The number of hydrogen-bond donors (Lipinski definition) is 0. The summed E-state index contributed by atoms with van der Waals surface area (Å²) in [4.78, 5) is 7.47. The maximum Gasteiger partial charge on any atom is 0.453 e. The van der Waals surface area contributed by atoms with E-state index in [-0.39, 0.29) is 11.7 Å². The van der Waals surface area contributed by atoms with Crippen molar-refractivity contribution in [3.05, 3.63) is 24.2 Å². The second-order valence-electron chi connectivity index (χ2n) is 3.67. The molecule has 19 heavy (non-hydrogen) atoms. The summed E-state index contributed by atoms with van der Waals surface area (Å²) >= 11 is 0. The van der Waals surface area contributed by atoms with Gasteiger partial charge in [0.05, 0.1) is 12.2 Å². The molecule has 0 aromatic carbocycles. The van der Waals surface area contributed by atoms with Crippen LogP contribution in [0.25, 0.3) is 11.4 Å². The zero-order valence-electron chi connectivity index (χ0n) is 10.3. The van der Waals surface area contributed by atoms with Crippen LogP contribution in [0.2, 0.25) is 0 Å². The molecule has 0 bridgehead atoms. The second-order valence-corrected chi connectivity index (χ2v) is 3.67. The fraction of sp³-hybridized carbons (Fsp3) is 0.364. The van der Waals surface area contributed by atoms with Crippen molar-refractivity contribution >= 4 is 0 Å². The number of alkyl halides is 3. The van der Waals surface area contributed by atoms with Crippen LogP contribution >= 0.6 is 0 Å². The normalized spacial score (nSPS) is 11.6. The Balaban J connectivity index is 2.50. The zero-order chi connectivity index (χ0) is 14.0. The lowest BCUT2D eigenvalue weighted by atomic mass is 10.2. The predicted octanol–water partition coefficient (Wildman–Crippen LogP) is 2.29. The minimum atomic E-state index is -4.58. The number of nitrogens with zero attached hydrogens (tertiary/aromatic N) is 4. The summed E-state index contributed by atoms with van der Waals surface area (Å²) in [6.45, 7) is 2.12. The van der Waals surface area contributed by atoms with Crippen molar-refractivity contribution in [3.8, 4) is 17.3 Å². The highest BCUT2D eigenvalue weighted by Gasteiger charge is 2.37. The van der Waals surface area contributed by atoms with E-state index in [2.05, 4.69) is 15.1 Å². The highest BCUT2D eigenvalue weighted by Crippen LogP contribution is 2.31. The van der Waals surface area contributed by atoms with Gasteiger partial charge in [-0.2, -0.15) is 13.2 Å². The van der Waals surface area contributed by atoms with E-state index in [9.17, 15) is 13.2 Å². The monoisotopic (exact) mass is 272 g/mol. The van der Waals surface area contributed by atoms with Crippen molar-refractivity contribution in [2.24, 2.45) is 7.05 Å². The molecule has 102 valence electrons. The van der Waals surface area contributed by atoms with Crippen LogP contribution in [0.3, 0.4) is 0 Å². The Morgan fingerprint density at radius 1 is 1.37 bits per heavy atom. The lowest BCUT2D eigenvalue weighted by Crippen LogP contribution is -2.08. The summed E-state index contributed by atoms with van der Waals surface area (Å²) in [6.07, 6.45) is -3.08. The van der Waals surface area contributed by atoms with Gasteiger partial charge in [0.1, 0.15) is 0 Å². The highest BCUT2D eigenvalue weighted by molar-refractivity contribution is 5.61. The molecular weight excluding hydrogens is 261 g/mol. The largest absolute Gasteiger partial charge is 0.477 e. The number of hydrogen-bond acceptors (Lipinski definition) is 4. The molecule has 0 radical (unpaired) electrons. The van der Waals surface area contributed by atoms with Gasteiger partial charge in [0.15, 0.2) is 5.82 Å². The lowest BCUT2D eigenvalue weighted by molar-refractivity contribution is -0.144. The van der Waals surface area contributed by atoms with Crippen LogP contribution < -0.4 is 4.74 Å². The molecule has 0 saturated heterocycles. The molecule has 0 saturated carbocycles. The first-order chi connectivity index (χ1) is 8.93. The van der Waals surface area contributed by atoms with Gasteiger partial charge in [-0.15, -0.1) is 5.10 Å². The van der Waals surface area contributed by atoms with E-state index in [1.165, 1.54) is 13.2 Å². The summed E-state index contributed by atoms with van der Waals surface area (Å²) < 4.78 is 44.0. The lowest BCUT2D eigenvalue weighted by Gasteiger charge is -2.07. The number of ether oxygens (including phenoxy) is 1.